The highest BCUT2D eigenvalue weighted by Gasteiger charge is 2.08. The van der Waals surface area contributed by atoms with Gasteiger partial charge in [-0.3, -0.25) is 14.9 Å². The van der Waals surface area contributed by atoms with E-state index in [0.29, 0.717) is 10.6 Å². The van der Waals surface area contributed by atoms with Gasteiger partial charge in [-0.25, -0.2) is 9.78 Å². The van der Waals surface area contributed by atoms with Crippen LogP contribution in [0.25, 0.3) is 0 Å². The number of nitro groups is 1. The van der Waals surface area contributed by atoms with Crippen LogP contribution < -0.4 is 10.6 Å². The molecule has 0 aliphatic rings. The predicted molar refractivity (Wildman–Crippen MR) is 85.7 cm³/mol. The Hall–Kier alpha value is -3.01. The lowest BCUT2D eigenvalue weighted by molar-refractivity contribution is -0.384. The van der Waals surface area contributed by atoms with E-state index in [-0.39, 0.29) is 31.3 Å². The second-order valence-electron chi connectivity index (χ2n) is 4.52. The lowest BCUT2D eigenvalue weighted by Gasteiger charge is -2.07. The smallest absolute Gasteiger partial charge is 0.407 e. The molecule has 1 aromatic heterocycles. The van der Waals surface area contributed by atoms with Crippen molar-refractivity contribution in [3.63, 3.8) is 0 Å². The normalized spacial score (nSPS) is 10.0. The number of nitro benzene ring substituents is 1. The molecule has 0 saturated carbocycles. The number of hydrogen-bond donors (Lipinski definition) is 2. The fraction of sp³-hybridized carbons (Fsp3) is 0.214. The molecular formula is C14H14N4O5S. The van der Waals surface area contributed by atoms with E-state index in [1.54, 1.807) is 5.38 Å². The minimum atomic E-state index is -0.642. The van der Waals surface area contributed by atoms with Gasteiger partial charge in [0.05, 0.1) is 4.92 Å². The van der Waals surface area contributed by atoms with Gasteiger partial charge in [-0.2, -0.15) is 0 Å². The minimum absolute atomic E-state index is 0.00466. The standard InChI is InChI=1S/C14H14N4O5S/c19-12(13-16-7-8-24-13)15-5-6-17-14(20)23-9-10-1-3-11(4-2-10)18(21)22/h1-4,7-8H,5-6,9H2,(H,15,19)(H,17,20). The Morgan fingerprint density at radius 1 is 1.21 bits per heavy atom. The first-order valence-corrected chi connectivity index (χ1v) is 7.76. The summed E-state index contributed by atoms with van der Waals surface area (Å²) >= 11 is 1.23. The Morgan fingerprint density at radius 2 is 1.92 bits per heavy atom. The third-order valence-electron chi connectivity index (χ3n) is 2.82. The number of aromatic nitrogens is 1. The van der Waals surface area contributed by atoms with E-state index in [1.807, 2.05) is 0 Å². The van der Waals surface area contributed by atoms with Crippen LogP contribution in [0.1, 0.15) is 15.4 Å². The van der Waals surface area contributed by atoms with Crippen LogP contribution in [0.4, 0.5) is 10.5 Å². The fourth-order valence-electron chi connectivity index (χ4n) is 1.67. The van der Waals surface area contributed by atoms with Gasteiger partial charge in [-0.1, -0.05) is 0 Å². The van der Waals surface area contributed by atoms with Crippen molar-refractivity contribution in [3.8, 4) is 0 Å². The van der Waals surface area contributed by atoms with Crippen molar-refractivity contribution in [2.45, 2.75) is 6.61 Å². The van der Waals surface area contributed by atoms with Gasteiger partial charge in [0, 0.05) is 36.8 Å². The number of amides is 2. The number of benzene rings is 1. The summed E-state index contributed by atoms with van der Waals surface area (Å²) in [4.78, 5) is 37.0. The third-order valence-corrected chi connectivity index (χ3v) is 3.60. The van der Waals surface area contributed by atoms with Crippen molar-refractivity contribution < 1.29 is 19.2 Å². The molecule has 0 atom stereocenters. The minimum Gasteiger partial charge on any atom is -0.445 e. The van der Waals surface area contributed by atoms with Gasteiger partial charge in [0.1, 0.15) is 6.61 Å². The average molecular weight is 350 g/mol. The summed E-state index contributed by atoms with van der Waals surface area (Å²) in [7, 11) is 0. The van der Waals surface area contributed by atoms with Gasteiger partial charge in [-0.05, 0) is 17.7 Å². The molecule has 24 heavy (non-hydrogen) atoms. The largest absolute Gasteiger partial charge is 0.445 e. The average Bonchev–Trinajstić information content (AvgIpc) is 3.11. The van der Waals surface area contributed by atoms with Crippen molar-refractivity contribution in [3.05, 3.63) is 56.5 Å². The highest BCUT2D eigenvalue weighted by Crippen LogP contribution is 2.12. The number of ether oxygens (including phenoxy) is 1. The molecule has 0 radical (unpaired) electrons. The van der Waals surface area contributed by atoms with Crippen LogP contribution in [0.3, 0.4) is 0 Å². The predicted octanol–water partition coefficient (Wildman–Crippen LogP) is 1.71. The number of thiazole rings is 1. The fourth-order valence-corrected chi connectivity index (χ4v) is 2.22. The van der Waals surface area contributed by atoms with Crippen molar-refractivity contribution in [1.29, 1.82) is 0 Å². The van der Waals surface area contributed by atoms with Crippen LogP contribution in [0.15, 0.2) is 35.8 Å². The van der Waals surface area contributed by atoms with Crippen LogP contribution in [-0.2, 0) is 11.3 Å². The second-order valence-corrected chi connectivity index (χ2v) is 5.41. The molecule has 126 valence electrons. The van der Waals surface area contributed by atoms with Gasteiger partial charge in [-0.15, -0.1) is 11.3 Å². The Labute approximate surface area is 140 Å². The zero-order valence-electron chi connectivity index (χ0n) is 12.4. The highest BCUT2D eigenvalue weighted by molar-refractivity contribution is 7.11. The van der Waals surface area contributed by atoms with Gasteiger partial charge >= 0.3 is 6.09 Å². The zero-order valence-corrected chi connectivity index (χ0v) is 13.2. The van der Waals surface area contributed by atoms with E-state index < -0.39 is 11.0 Å². The summed E-state index contributed by atoms with van der Waals surface area (Å²) in [6.45, 7) is 0.441. The molecule has 0 aliphatic heterocycles. The van der Waals surface area contributed by atoms with Crippen LogP contribution in [0.5, 0.6) is 0 Å². The maximum absolute atomic E-state index is 11.6. The Bertz CT molecular complexity index is 702. The number of nitrogens with zero attached hydrogens (tertiary/aromatic N) is 2. The lowest BCUT2D eigenvalue weighted by atomic mass is 10.2. The summed E-state index contributed by atoms with van der Waals surface area (Å²) in [6.07, 6.45) is 0.893. The quantitative estimate of drug-likeness (QED) is 0.445. The Balaban J connectivity index is 1.63. The number of alkyl carbamates (subject to hydrolysis) is 1. The maximum atomic E-state index is 11.6. The first kappa shape index (κ1) is 17.3. The Kier molecular flexibility index (Phi) is 6.20. The molecule has 0 saturated heterocycles. The topological polar surface area (TPSA) is 123 Å². The maximum Gasteiger partial charge on any atom is 0.407 e. The number of carbonyl (C=O) groups is 2. The van der Waals surface area contributed by atoms with Gasteiger partial charge < -0.3 is 15.4 Å². The van der Waals surface area contributed by atoms with Crippen LogP contribution in [-0.4, -0.2) is 35.0 Å². The van der Waals surface area contributed by atoms with Crippen LogP contribution >= 0.6 is 11.3 Å². The summed E-state index contributed by atoms with van der Waals surface area (Å²) in [5.74, 6) is -0.300. The monoisotopic (exact) mass is 350 g/mol. The van der Waals surface area contributed by atoms with E-state index >= 15 is 0 Å². The van der Waals surface area contributed by atoms with E-state index in [9.17, 15) is 19.7 Å². The number of hydrogen-bond acceptors (Lipinski definition) is 7. The van der Waals surface area contributed by atoms with E-state index in [4.69, 9.17) is 4.74 Å². The summed E-state index contributed by atoms with van der Waals surface area (Å²) < 4.78 is 4.96. The molecule has 0 aliphatic carbocycles. The molecule has 2 rings (SSSR count). The number of nitrogens with one attached hydrogen (secondary N) is 2. The summed E-state index contributed by atoms with van der Waals surface area (Å²) in [6, 6.07) is 5.70. The summed E-state index contributed by atoms with van der Waals surface area (Å²) in [5.41, 5.74) is 0.604. The van der Waals surface area contributed by atoms with Gasteiger partial charge in [0.2, 0.25) is 0 Å². The SMILES string of the molecule is O=C(NCCNC(=O)c1nccs1)OCc1ccc([N+](=O)[O-])cc1. The first-order chi connectivity index (χ1) is 11.6. The molecule has 0 unspecified atom stereocenters. The lowest BCUT2D eigenvalue weighted by Crippen LogP contribution is -2.34. The van der Waals surface area contributed by atoms with Crippen molar-refractivity contribution >= 4 is 29.0 Å². The molecule has 2 amide bonds. The first-order valence-electron chi connectivity index (χ1n) is 6.88. The van der Waals surface area contributed by atoms with Crippen LogP contribution in [0.2, 0.25) is 0 Å². The molecule has 0 spiro atoms. The molecule has 0 fully saturated rings. The van der Waals surface area contributed by atoms with E-state index in [1.165, 1.54) is 41.8 Å². The van der Waals surface area contributed by atoms with E-state index in [2.05, 4.69) is 15.6 Å². The number of carbonyl (C=O) groups excluding carboxylic acids is 2. The van der Waals surface area contributed by atoms with E-state index in [0.717, 1.165) is 0 Å². The molecule has 10 heteroatoms. The van der Waals surface area contributed by atoms with Crippen LogP contribution in [0, 0.1) is 10.1 Å². The van der Waals surface area contributed by atoms with Crippen molar-refractivity contribution in [1.82, 2.24) is 15.6 Å². The molecule has 9 nitrogen and oxygen atoms in total. The zero-order chi connectivity index (χ0) is 17.4. The third kappa shape index (κ3) is 5.32. The second kappa shape index (κ2) is 8.58. The number of rotatable bonds is 7. The van der Waals surface area contributed by atoms with Gasteiger partial charge in [0.15, 0.2) is 5.01 Å². The molecule has 2 aromatic rings. The molecule has 0 bridgehead atoms. The molecule has 1 heterocycles. The number of non-ortho nitro benzene ring substituents is 1. The molecule has 1 aromatic carbocycles. The van der Waals surface area contributed by atoms with Crippen molar-refractivity contribution in [2.75, 3.05) is 13.1 Å². The molecule has 2 N–H and O–H groups in total. The van der Waals surface area contributed by atoms with Gasteiger partial charge in [0.25, 0.3) is 11.6 Å². The highest BCUT2D eigenvalue weighted by atomic mass is 32.1. The molecular weight excluding hydrogens is 336 g/mol. The summed E-state index contributed by atoms with van der Waals surface area (Å²) in [5, 5.41) is 17.7. The Morgan fingerprint density at radius 3 is 2.54 bits per heavy atom. The van der Waals surface area contributed by atoms with Crippen molar-refractivity contribution in [2.24, 2.45) is 0 Å².